The number of rotatable bonds is 7. The molecule has 11 rings (SSSR count). The number of hydrogen-bond acceptors (Lipinski definition) is 2. The molecule has 0 saturated heterocycles. The van der Waals surface area contributed by atoms with E-state index in [9.17, 15) is 0 Å². The minimum atomic E-state index is 0.848. The van der Waals surface area contributed by atoms with E-state index < -0.39 is 0 Å². The quantitative estimate of drug-likeness (QED) is 0.151. The smallest absolute Gasteiger partial charge is 0.159 e. The van der Waals surface area contributed by atoms with Crippen LogP contribution >= 0.6 is 0 Å². The first-order valence-corrected chi connectivity index (χ1v) is 19.8. The van der Waals surface area contributed by atoms with Gasteiger partial charge in [-0.25, -0.2) is 0 Å². The summed E-state index contributed by atoms with van der Waals surface area (Å²) in [5.74, 6) is 0. The summed E-state index contributed by atoms with van der Waals surface area (Å²) in [4.78, 5) is 2.36. The van der Waals surface area contributed by atoms with Gasteiger partial charge in [-0.1, -0.05) is 188 Å². The van der Waals surface area contributed by atoms with Gasteiger partial charge in [0.05, 0.1) is 5.69 Å². The van der Waals surface area contributed by atoms with Crippen molar-refractivity contribution in [3.05, 3.63) is 224 Å². The van der Waals surface area contributed by atoms with E-state index in [1.165, 1.54) is 49.5 Å². The van der Waals surface area contributed by atoms with Gasteiger partial charge in [0, 0.05) is 27.5 Å². The molecule has 272 valence electrons. The molecule has 0 bridgehead atoms. The number of hydrogen-bond donors (Lipinski definition) is 0. The van der Waals surface area contributed by atoms with Crippen LogP contribution in [0.25, 0.3) is 88.0 Å². The van der Waals surface area contributed by atoms with E-state index in [2.05, 4.69) is 229 Å². The van der Waals surface area contributed by atoms with Gasteiger partial charge in [0.25, 0.3) is 0 Å². The van der Waals surface area contributed by atoms with E-state index in [0.717, 1.165) is 55.5 Å². The average Bonchev–Trinajstić information content (AvgIpc) is 3.71. The Morgan fingerprint density at radius 2 is 0.621 bits per heavy atom. The Morgan fingerprint density at radius 3 is 1.10 bits per heavy atom. The topological polar surface area (TPSA) is 16.4 Å². The maximum Gasteiger partial charge on any atom is 0.159 e. The van der Waals surface area contributed by atoms with Crippen LogP contribution in [0.3, 0.4) is 0 Å². The maximum absolute atomic E-state index is 7.24. The van der Waals surface area contributed by atoms with Gasteiger partial charge in [0.1, 0.15) is 5.58 Å². The second-order valence-corrected chi connectivity index (χ2v) is 14.9. The molecule has 0 unspecified atom stereocenters. The summed E-state index contributed by atoms with van der Waals surface area (Å²) >= 11 is 0. The van der Waals surface area contributed by atoms with Crippen LogP contribution < -0.4 is 4.90 Å². The molecule has 0 aliphatic rings. The van der Waals surface area contributed by atoms with E-state index in [0.29, 0.717) is 0 Å². The number of fused-ring (bicyclic) bond motifs is 8. The summed E-state index contributed by atoms with van der Waals surface area (Å²) in [6, 6.07) is 80.5. The summed E-state index contributed by atoms with van der Waals surface area (Å²) in [5.41, 5.74) is 14.2. The van der Waals surface area contributed by atoms with Crippen molar-refractivity contribution < 1.29 is 4.42 Å². The first-order valence-electron chi connectivity index (χ1n) is 19.8. The molecule has 0 aliphatic heterocycles. The molecule has 58 heavy (non-hydrogen) atoms. The molecule has 0 spiro atoms. The van der Waals surface area contributed by atoms with Crippen molar-refractivity contribution >= 4 is 60.5 Å². The Hall–Kier alpha value is -7.68. The molecule has 2 nitrogen and oxygen atoms in total. The van der Waals surface area contributed by atoms with Gasteiger partial charge in [-0.2, -0.15) is 0 Å². The summed E-state index contributed by atoms with van der Waals surface area (Å²) in [6.07, 6.45) is 0. The van der Waals surface area contributed by atoms with Gasteiger partial charge in [0.2, 0.25) is 0 Å². The third kappa shape index (κ3) is 5.82. The highest BCUT2D eigenvalue weighted by molar-refractivity contribution is 6.31. The van der Waals surface area contributed by atoms with Crippen LogP contribution in [0.5, 0.6) is 0 Å². The second-order valence-electron chi connectivity index (χ2n) is 14.9. The Morgan fingerprint density at radius 1 is 0.259 bits per heavy atom. The highest BCUT2D eigenvalue weighted by atomic mass is 16.3. The van der Waals surface area contributed by atoms with Gasteiger partial charge >= 0.3 is 0 Å². The first-order chi connectivity index (χ1) is 28.8. The van der Waals surface area contributed by atoms with E-state index in [-0.39, 0.29) is 0 Å². The van der Waals surface area contributed by atoms with Crippen molar-refractivity contribution in [1.82, 2.24) is 0 Å². The van der Waals surface area contributed by atoms with Crippen LogP contribution in [-0.4, -0.2) is 0 Å². The van der Waals surface area contributed by atoms with Crippen molar-refractivity contribution in [1.29, 1.82) is 0 Å². The predicted molar refractivity (Wildman–Crippen MR) is 245 cm³/mol. The highest BCUT2D eigenvalue weighted by Crippen LogP contribution is 2.48. The van der Waals surface area contributed by atoms with E-state index in [4.69, 9.17) is 4.42 Å². The molecule has 1 heterocycles. The highest BCUT2D eigenvalue weighted by Gasteiger charge is 2.24. The second kappa shape index (κ2) is 14.1. The summed E-state index contributed by atoms with van der Waals surface area (Å²) in [5, 5.41) is 6.92. The molecule has 0 saturated carbocycles. The molecular weight excluding hydrogens is 703 g/mol. The molecule has 0 aliphatic carbocycles. The summed E-state index contributed by atoms with van der Waals surface area (Å²) < 4.78 is 7.24. The monoisotopic (exact) mass is 739 g/mol. The lowest BCUT2D eigenvalue weighted by Gasteiger charge is -2.26. The number of furan rings is 1. The Balaban J connectivity index is 1.19. The van der Waals surface area contributed by atoms with E-state index >= 15 is 0 Å². The Kier molecular flexibility index (Phi) is 8.19. The Bertz CT molecular complexity index is 3140. The fourth-order valence-electron chi connectivity index (χ4n) is 8.60. The minimum Gasteiger partial charge on any atom is -0.453 e. The first kappa shape index (κ1) is 33.6. The largest absolute Gasteiger partial charge is 0.453 e. The average molecular weight is 740 g/mol. The molecule has 0 radical (unpaired) electrons. The van der Waals surface area contributed by atoms with Crippen LogP contribution in [0.2, 0.25) is 0 Å². The van der Waals surface area contributed by atoms with E-state index in [1.54, 1.807) is 0 Å². The number of anilines is 3. The van der Waals surface area contributed by atoms with Gasteiger partial charge < -0.3 is 9.32 Å². The lowest BCUT2D eigenvalue weighted by atomic mass is 9.94. The van der Waals surface area contributed by atoms with Crippen molar-refractivity contribution in [2.24, 2.45) is 0 Å². The molecule has 0 N–H and O–H groups in total. The SMILES string of the molecule is c1ccc(-c2ccc(-c3cc(N(c4ccc(-c5ccccc5)cc4)c4ccc(-c5ccccc5)cc4)c4oc5c6ccccc6c6ccccc6c5c4c3)cc2)cc1. The zero-order valence-corrected chi connectivity index (χ0v) is 31.7. The van der Waals surface area contributed by atoms with Crippen LogP contribution in [-0.2, 0) is 0 Å². The van der Waals surface area contributed by atoms with Crippen molar-refractivity contribution in [3.63, 3.8) is 0 Å². The standard InChI is InChI=1S/C56H37NO/c1-4-14-38(15-5-1)41-24-26-44(27-25-41)45-36-52-54-50-22-12-10-20-48(50)49-21-11-13-23-51(49)56(54)58-55(52)53(37-45)57(46-32-28-42(29-33-46)39-16-6-2-7-17-39)47-34-30-43(31-35-47)40-18-8-3-9-19-40/h1-37H. The molecule has 0 fully saturated rings. The van der Waals surface area contributed by atoms with Crippen LogP contribution in [0.4, 0.5) is 17.1 Å². The molecule has 2 heteroatoms. The normalized spacial score (nSPS) is 11.4. The lowest BCUT2D eigenvalue weighted by molar-refractivity contribution is 0.673. The molecule has 1 aromatic heterocycles. The number of benzene rings is 10. The summed E-state index contributed by atoms with van der Waals surface area (Å²) in [6.45, 7) is 0. The van der Waals surface area contributed by atoms with Gasteiger partial charge in [-0.15, -0.1) is 0 Å². The van der Waals surface area contributed by atoms with Crippen LogP contribution in [0.15, 0.2) is 229 Å². The lowest BCUT2D eigenvalue weighted by Crippen LogP contribution is -2.10. The zero-order valence-electron chi connectivity index (χ0n) is 31.7. The van der Waals surface area contributed by atoms with Gasteiger partial charge in [-0.3, -0.25) is 0 Å². The predicted octanol–water partition coefficient (Wildman–Crippen LogP) is 16.0. The maximum atomic E-state index is 7.24. The van der Waals surface area contributed by atoms with Gasteiger partial charge in [-0.05, 0) is 97.1 Å². The van der Waals surface area contributed by atoms with E-state index in [1.807, 2.05) is 0 Å². The summed E-state index contributed by atoms with van der Waals surface area (Å²) in [7, 11) is 0. The van der Waals surface area contributed by atoms with Crippen molar-refractivity contribution in [2.45, 2.75) is 0 Å². The molecular formula is C56H37NO. The zero-order chi connectivity index (χ0) is 38.4. The molecule has 11 aromatic rings. The fraction of sp³-hybridized carbons (Fsp3) is 0. The third-order valence-corrected chi connectivity index (χ3v) is 11.5. The van der Waals surface area contributed by atoms with Crippen LogP contribution in [0.1, 0.15) is 0 Å². The van der Waals surface area contributed by atoms with Crippen molar-refractivity contribution in [3.8, 4) is 44.5 Å². The van der Waals surface area contributed by atoms with Crippen molar-refractivity contribution in [2.75, 3.05) is 4.90 Å². The third-order valence-electron chi connectivity index (χ3n) is 11.5. The van der Waals surface area contributed by atoms with Gasteiger partial charge in [0.15, 0.2) is 5.58 Å². The Labute approximate surface area is 337 Å². The molecule has 0 atom stereocenters. The molecule has 0 amide bonds. The number of nitrogens with zero attached hydrogens (tertiary/aromatic N) is 1. The minimum absolute atomic E-state index is 0.848. The molecule has 10 aromatic carbocycles. The van der Waals surface area contributed by atoms with Crippen LogP contribution in [0, 0.1) is 0 Å². The fourth-order valence-corrected chi connectivity index (χ4v) is 8.60.